The van der Waals surface area contributed by atoms with E-state index in [2.05, 4.69) is 11.8 Å². The molecule has 0 heterocycles. The third-order valence-electron chi connectivity index (χ3n) is 4.00. The highest BCUT2D eigenvalue weighted by molar-refractivity contribution is 5.45. The molecular formula is C16H25NO2. The fourth-order valence-electron chi connectivity index (χ4n) is 2.95. The van der Waals surface area contributed by atoms with Crippen LogP contribution in [0.25, 0.3) is 0 Å². The second-order valence-corrected chi connectivity index (χ2v) is 5.20. The van der Waals surface area contributed by atoms with Crippen LogP contribution in [-0.4, -0.2) is 29.2 Å². The molecule has 1 aromatic rings. The first-order chi connectivity index (χ1) is 9.26. The number of aromatic hydroxyl groups is 1. The maximum Gasteiger partial charge on any atom is 0.162 e. The van der Waals surface area contributed by atoms with E-state index in [-0.39, 0.29) is 0 Å². The molecule has 2 rings (SSSR count). The summed E-state index contributed by atoms with van der Waals surface area (Å²) in [5.74, 6) is 0.906. The van der Waals surface area contributed by atoms with E-state index in [0.29, 0.717) is 24.1 Å². The minimum absolute atomic E-state index is 0.306. The van der Waals surface area contributed by atoms with Gasteiger partial charge >= 0.3 is 0 Å². The fraction of sp³-hybridized carbons (Fsp3) is 0.625. The van der Waals surface area contributed by atoms with Gasteiger partial charge < -0.3 is 9.84 Å². The average molecular weight is 263 g/mol. The second-order valence-electron chi connectivity index (χ2n) is 5.20. The highest BCUT2D eigenvalue weighted by Gasteiger charge is 2.22. The SMILES string of the molecule is CCOc1cccc(CN(CC)C2CCCC2)c1O. The minimum Gasteiger partial charge on any atom is -0.504 e. The molecule has 3 heteroatoms. The van der Waals surface area contributed by atoms with Gasteiger partial charge in [0.25, 0.3) is 0 Å². The molecule has 1 N–H and O–H groups in total. The normalized spacial score (nSPS) is 16.2. The lowest BCUT2D eigenvalue weighted by molar-refractivity contribution is 0.197. The Morgan fingerprint density at radius 2 is 2.00 bits per heavy atom. The number of ether oxygens (including phenoxy) is 1. The summed E-state index contributed by atoms with van der Waals surface area (Å²) in [5.41, 5.74) is 0.972. The molecule has 0 aromatic heterocycles. The molecule has 106 valence electrons. The minimum atomic E-state index is 0.306. The van der Waals surface area contributed by atoms with Gasteiger partial charge in [0, 0.05) is 18.2 Å². The molecule has 19 heavy (non-hydrogen) atoms. The molecule has 0 spiro atoms. The van der Waals surface area contributed by atoms with Crippen LogP contribution in [0.5, 0.6) is 11.5 Å². The Labute approximate surface area is 116 Å². The Morgan fingerprint density at radius 1 is 1.26 bits per heavy atom. The summed E-state index contributed by atoms with van der Waals surface area (Å²) in [6.07, 6.45) is 5.26. The molecule has 0 amide bonds. The summed E-state index contributed by atoms with van der Waals surface area (Å²) in [7, 11) is 0. The van der Waals surface area contributed by atoms with Crippen LogP contribution in [0.4, 0.5) is 0 Å². The summed E-state index contributed by atoms with van der Waals surface area (Å²) < 4.78 is 5.45. The predicted octanol–water partition coefficient (Wildman–Crippen LogP) is 3.56. The number of hydrogen-bond donors (Lipinski definition) is 1. The zero-order valence-corrected chi connectivity index (χ0v) is 12.1. The third-order valence-corrected chi connectivity index (χ3v) is 4.00. The molecule has 1 saturated carbocycles. The first kappa shape index (κ1) is 14.2. The van der Waals surface area contributed by atoms with Crippen LogP contribution >= 0.6 is 0 Å². The van der Waals surface area contributed by atoms with Crippen LogP contribution in [-0.2, 0) is 6.54 Å². The van der Waals surface area contributed by atoms with Crippen LogP contribution in [0.2, 0.25) is 0 Å². The largest absolute Gasteiger partial charge is 0.504 e. The quantitative estimate of drug-likeness (QED) is 0.852. The predicted molar refractivity (Wildman–Crippen MR) is 77.6 cm³/mol. The van der Waals surface area contributed by atoms with Gasteiger partial charge in [0.15, 0.2) is 11.5 Å². The van der Waals surface area contributed by atoms with E-state index in [1.165, 1.54) is 25.7 Å². The number of benzene rings is 1. The Kier molecular flexibility index (Phi) is 5.08. The van der Waals surface area contributed by atoms with E-state index in [1.807, 2.05) is 25.1 Å². The van der Waals surface area contributed by atoms with Crippen molar-refractivity contribution in [3.63, 3.8) is 0 Å². The van der Waals surface area contributed by atoms with Gasteiger partial charge in [-0.2, -0.15) is 0 Å². The van der Waals surface area contributed by atoms with Gasteiger partial charge in [-0.3, -0.25) is 4.90 Å². The number of phenols is 1. The van der Waals surface area contributed by atoms with Gasteiger partial charge in [-0.1, -0.05) is 31.9 Å². The lowest BCUT2D eigenvalue weighted by atomic mass is 10.1. The summed E-state index contributed by atoms with van der Waals surface area (Å²) in [6.45, 7) is 6.55. The summed E-state index contributed by atoms with van der Waals surface area (Å²) in [5, 5.41) is 10.3. The molecule has 0 atom stereocenters. The first-order valence-electron chi connectivity index (χ1n) is 7.44. The molecule has 3 nitrogen and oxygen atoms in total. The smallest absolute Gasteiger partial charge is 0.162 e. The van der Waals surface area contributed by atoms with Gasteiger partial charge in [0.1, 0.15) is 0 Å². The number of nitrogens with zero attached hydrogens (tertiary/aromatic N) is 1. The fourth-order valence-corrected chi connectivity index (χ4v) is 2.95. The number of rotatable bonds is 6. The van der Waals surface area contributed by atoms with Crippen LogP contribution < -0.4 is 4.74 Å². The Hall–Kier alpha value is -1.22. The highest BCUT2D eigenvalue weighted by Crippen LogP contribution is 2.32. The van der Waals surface area contributed by atoms with E-state index < -0.39 is 0 Å². The van der Waals surface area contributed by atoms with Crippen molar-refractivity contribution in [3.8, 4) is 11.5 Å². The summed E-state index contributed by atoms with van der Waals surface area (Å²) >= 11 is 0. The molecule has 1 aromatic carbocycles. The summed E-state index contributed by atoms with van der Waals surface area (Å²) in [4.78, 5) is 2.47. The maximum absolute atomic E-state index is 10.3. The van der Waals surface area contributed by atoms with E-state index in [4.69, 9.17) is 4.74 Å². The monoisotopic (exact) mass is 263 g/mol. The molecule has 0 bridgehead atoms. The third kappa shape index (κ3) is 3.41. The number of para-hydroxylation sites is 1. The van der Waals surface area contributed by atoms with Crippen LogP contribution in [0.3, 0.4) is 0 Å². The van der Waals surface area contributed by atoms with Gasteiger partial charge in [-0.05, 0) is 32.4 Å². The Morgan fingerprint density at radius 3 is 2.63 bits per heavy atom. The molecular weight excluding hydrogens is 238 g/mol. The van der Waals surface area contributed by atoms with E-state index in [9.17, 15) is 5.11 Å². The van der Waals surface area contributed by atoms with Crippen molar-refractivity contribution < 1.29 is 9.84 Å². The second kappa shape index (κ2) is 6.80. The molecule has 0 aliphatic heterocycles. The first-order valence-corrected chi connectivity index (χ1v) is 7.44. The topological polar surface area (TPSA) is 32.7 Å². The lowest BCUT2D eigenvalue weighted by Crippen LogP contribution is -2.32. The van der Waals surface area contributed by atoms with Gasteiger partial charge in [0.2, 0.25) is 0 Å². The van der Waals surface area contributed by atoms with E-state index in [1.54, 1.807) is 0 Å². The van der Waals surface area contributed by atoms with Crippen molar-refractivity contribution in [1.82, 2.24) is 4.90 Å². The molecule has 1 aliphatic rings. The number of phenolic OH excluding ortho intramolecular Hbond substituents is 1. The highest BCUT2D eigenvalue weighted by atomic mass is 16.5. The lowest BCUT2D eigenvalue weighted by Gasteiger charge is -2.27. The zero-order valence-electron chi connectivity index (χ0n) is 12.1. The van der Waals surface area contributed by atoms with E-state index >= 15 is 0 Å². The zero-order chi connectivity index (χ0) is 13.7. The Balaban J connectivity index is 2.10. The van der Waals surface area contributed by atoms with Crippen LogP contribution in [0, 0.1) is 0 Å². The van der Waals surface area contributed by atoms with Crippen molar-refractivity contribution in [2.45, 2.75) is 52.1 Å². The van der Waals surface area contributed by atoms with Crippen molar-refractivity contribution >= 4 is 0 Å². The van der Waals surface area contributed by atoms with Gasteiger partial charge in [0.05, 0.1) is 6.61 Å². The molecule has 1 fully saturated rings. The standard InChI is InChI=1S/C16H25NO2/c1-3-17(14-9-5-6-10-14)12-13-8-7-11-15(16(13)18)19-4-2/h7-8,11,14,18H,3-6,9-10,12H2,1-2H3. The molecule has 0 radical (unpaired) electrons. The number of hydrogen-bond acceptors (Lipinski definition) is 3. The van der Waals surface area contributed by atoms with Crippen LogP contribution in [0.1, 0.15) is 45.1 Å². The van der Waals surface area contributed by atoms with Gasteiger partial charge in [-0.25, -0.2) is 0 Å². The maximum atomic E-state index is 10.3. The molecule has 0 saturated heterocycles. The van der Waals surface area contributed by atoms with Crippen LogP contribution in [0.15, 0.2) is 18.2 Å². The van der Waals surface area contributed by atoms with E-state index in [0.717, 1.165) is 18.7 Å². The summed E-state index contributed by atoms with van der Waals surface area (Å²) in [6, 6.07) is 6.46. The van der Waals surface area contributed by atoms with Gasteiger partial charge in [-0.15, -0.1) is 0 Å². The molecule has 1 aliphatic carbocycles. The van der Waals surface area contributed by atoms with Crippen molar-refractivity contribution in [2.75, 3.05) is 13.2 Å². The van der Waals surface area contributed by atoms with Crippen molar-refractivity contribution in [1.29, 1.82) is 0 Å². The average Bonchev–Trinajstić information content (AvgIpc) is 2.94. The Bertz CT molecular complexity index is 400. The van der Waals surface area contributed by atoms with Crippen molar-refractivity contribution in [3.05, 3.63) is 23.8 Å². The molecule has 0 unspecified atom stereocenters. The van der Waals surface area contributed by atoms with Crippen molar-refractivity contribution in [2.24, 2.45) is 0 Å².